The molecule has 0 radical (unpaired) electrons. The average molecular weight is 277 g/mol. The molecule has 17 heavy (non-hydrogen) atoms. The number of benzene rings is 1. The first kappa shape index (κ1) is 12.3. The molecule has 0 saturated carbocycles. The summed E-state index contributed by atoms with van der Waals surface area (Å²) >= 11 is 11.8. The molecule has 0 spiro atoms. The molecule has 0 unspecified atom stereocenters. The van der Waals surface area contributed by atoms with Gasteiger partial charge in [0.05, 0.1) is 5.69 Å². The smallest absolute Gasteiger partial charge is 0.222 e. The molecule has 0 aliphatic rings. The number of hydrogen-bond donors (Lipinski definition) is 0. The number of rotatable bonds is 2. The van der Waals surface area contributed by atoms with Crippen LogP contribution in [-0.4, -0.2) is 9.78 Å². The highest BCUT2D eigenvalue weighted by Crippen LogP contribution is 2.26. The maximum atomic E-state index is 12.5. The van der Waals surface area contributed by atoms with E-state index < -0.39 is 6.43 Å². The Morgan fingerprint density at radius 2 is 1.94 bits per heavy atom. The van der Waals surface area contributed by atoms with E-state index >= 15 is 0 Å². The molecule has 1 aromatic carbocycles. The first-order valence-electron chi connectivity index (χ1n) is 4.79. The Bertz CT molecular complexity index is 552. The van der Waals surface area contributed by atoms with Crippen LogP contribution in [0.4, 0.5) is 8.78 Å². The number of nitrogens with zero attached hydrogens (tertiary/aromatic N) is 2. The van der Waals surface area contributed by atoms with Gasteiger partial charge in [0.1, 0.15) is 10.8 Å². The van der Waals surface area contributed by atoms with Crippen molar-refractivity contribution >= 4 is 23.2 Å². The number of halogens is 4. The molecule has 0 N–H and O–H groups in total. The zero-order valence-electron chi connectivity index (χ0n) is 8.79. The average Bonchev–Trinajstić information content (AvgIpc) is 2.65. The van der Waals surface area contributed by atoms with Crippen LogP contribution in [0.25, 0.3) is 5.69 Å². The highest BCUT2D eigenvalue weighted by atomic mass is 35.5. The van der Waals surface area contributed by atoms with Gasteiger partial charge in [-0.15, -0.1) is 0 Å². The van der Waals surface area contributed by atoms with Crippen LogP contribution in [0.1, 0.15) is 17.7 Å². The van der Waals surface area contributed by atoms with Crippen LogP contribution < -0.4 is 0 Å². The van der Waals surface area contributed by atoms with Gasteiger partial charge in [-0.25, -0.2) is 13.5 Å². The second-order valence-electron chi connectivity index (χ2n) is 3.54. The van der Waals surface area contributed by atoms with Crippen molar-refractivity contribution in [2.45, 2.75) is 13.3 Å². The molecule has 0 saturated heterocycles. The van der Waals surface area contributed by atoms with Gasteiger partial charge in [-0.05, 0) is 24.6 Å². The van der Waals surface area contributed by atoms with Gasteiger partial charge in [-0.3, -0.25) is 0 Å². The Labute approximate surface area is 107 Å². The van der Waals surface area contributed by atoms with Gasteiger partial charge < -0.3 is 0 Å². The fraction of sp³-hybridized carbons (Fsp3) is 0.182. The molecule has 2 nitrogen and oxygen atoms in total. The lowest BCUT2D eigenvalue weighted by atomic mass is 10.2. The lowest BCUT2D eigenvalue weighted by Crippen LogP contribution is -1.98. The molecule has 6 heteroatoms. The van der Waals surface area contributed by atoms with Crippen molar-refractivity contribution in [1.82, 2.24) is 9.78 Å². The molecule has 90 valence electrons. The van der Waals surface area contributed by atoms with Crippen molar-refractivity contribution < 1.29 is 8.78 Å². The van der Waals surface area contributed by atoms with E-state index in [4.69, 9.17) is 23.2 Å². The molecular weight excluding hydrogens is 269 g/mol. The van der Waals surface area contributed by atoms with Crippen LogP contribution in [0.3, 0.4) is 0 Å². The topological polar surface area (TPSA) is 17.8 Å². The molecule has 0 fully saturated rings. The zero-order chi connectivity index (χ0) is 12.6. The standard InChI is InChI=1S/C11H8Cl2F2N2/c1-6-2-3-7(4-8(6)12)17-10(13)5-9(16-17)11(14)15/h2-5,11H,1H3. The molecule has 0 atom stereocenters. The van der Waals surface area contributed by atoms with Gasteiger partial charge in [0.15, 0.2) is 0 Å². The van der Waals surface area contributed by atoms with Gasteiger partial charge in [-0.2, -0.15) is 5.10 Å². The molecule has 0 amide bonds. The lowest BCUT2D eigenvalue weighted by molar-refractivity contribution is 0.145. The predicted molar refractivity (Wildman–Crippen MR) is 63.3 cm³/mol. The monoisotopic (exact) mass is 276 g/mol. The first-order chi connectivity index (χ1) is 7.99. The molecule has 0 bridgehead atoms. The molecule has 0 aliphatic carbocycles. The number of hydrogen-bond acceptors (Lipinski definition) is 1. The third kappa shape index (κ3) is 2.42. The van der Waals surface area contributed by atoms with Gasteiger partial charge in [0.25, 0.3) is 6.43 Å². The fourth-order valence-electron chi connectivity index (χ4n) is 1.38. The van der Waals surface area contributed by atoms with Crippen LogP contribution in [0.2, 0.25) is 10.2 Å². The molecular formula is C11H8Cl2F2N2. The molecule has 0 aliphatic heterocycles. The largest absolute Gasteiger partial charge is 0.282 e. The van der Waals surface area contributed by atoms with E-state index in [1.165, 1.54) is 4.68 Å². The van der Waals surface area contributed by atoms with Crippen molar-refractivity contribution in [3.05, 3.63) is 45.7 Å². The highest BCUT2D eigenvalue weighted by Gasteiger charge is 2.15. The minimum absolute atomic E-state index is 0.125. The summed E-state index contributed by atoms with van der Waals surface area (Å²) in [6.45, 7) is 1.85. The second kappa shape index (κ2) is 4.63. The van der Waals surface area contributed by atoms with E-state index in [0.717, 1.165) is 11.6 Å². The van der Waals surface area contributed by atoms with E-state index in [-0.39, 0.29) is 10.8 Å². The number of aromatic nitrogens is 2. The molecule has 2 rings (SSSR count). The van der Waals surface area contributed by atoms with E-state index in [2.05, 4.69) is 5.10 Å². The van der Waals surface area contributed by atoms with Crippen molar-refractivity contribution in [3.63, 3.8) is 0 Å². The SMILES string of the molecule is Cc1ccc(-n2nc(C(F)F)cc2Cl)cc1Cl. The zero-order valence-corrected chi connectivity index (χ0v) is 10.3. The summed E-state index contributed by atoms with van der Waals surface area (Å²) in [4.78, 5) is 0. The maximum absolute atomic E-state index is 12.5. The van der Waals surface area contributed by atoms with Crippen LogP contribution in [0.5, 0.6) is 0 Å². The second-order valence-corrected chi connectivity index (χ2v) is 4.33. The quantitative estimate of drug-likeness (QED) is 0.794. The highest BCUT2D eigenvalue weighted by molar-refractivity contribution is 6.31. The van der Waals surface area contributed by atoms with Crippen LogP contribution in [0, 0.1) is 6.92 Å². The summed E-state index contributed by atoms with van der Waals surface area (Å²) in [5.41, 5.74) is 1.09. The van der Waals surface area contributed by atoms with Gasteiger partial charge in [-0.1, -0.05) is 29.3 Å². The van der Waals surface area contributed by atoms with E-state index in [0.29, 0.717) is 10.7 Å². The van der Waals surface area contributed by atoms with E-state index in [1.807, 2.05) is 6.92 Å². The molecule has 1 heterocycles. The van der Waals surface area contributed by atoms with Crippen molar-refractivity contribution in [1.29, 1.82) is 0 Å². The summed E-state index contributed by atoms with van der Waals surface area (Å²) in [6.07, 6.45) is -2.64. The number of alkyl halides is 2. The minimum atomic E-state index is -2.64. The van der Waals surface area contributed by atoms with Crippen molar-refractivity contribution in [2.75, 3.05) is 0 Å². The predicted octanol–water partition coefficient (Wildman–Crippen LogP) is 4.43. The third-order valence-corrected chi connectivity index (χ3v) is 2.98. The van der Waals surface area contributed by atoms with Gasteiger partial charge >= 0.3 is 0 Å². The minimum Gasteiger partial charge on any atom is -0.222 e. The fourth-order valence-corrected chi connectivity index (χ4v) is 1.80. The van der Waals surface area contributed by atoms with Gasteiger partial charge in [0.2, 0.25) is 0 Å². The third-order valence-electron chi connectivity index (χ3n) is 2.31. The Morgan fingerprint density at radius 1 is 1.24 bits per heavy atom. The Kier molecular flexibility index (Phi) is 3.35. The van der Waals surface area contributed by atoms with Gasteiger partial charge in [0, 0.05) is 11.1 Å². The van der Waals surface area contributed by atoms with Crippen LogP contribution in [-0.2, 0) is 0 Å². The summed E-state index contributed by atoms with van der Waals surface area (Å²) in [7, 11) is 0. The summed E-state index contributed by atoms with van der Waals surface area (Å²) in [6, 6.07) is 6.26. The van der Waals surface area contributed by atoms with E-state index in [9.17, 15) is 8.78 Å². The van der Waals surface area contributed by atoms with Crippen LogP contribution in [0.15, 0.2) is 24.3 Å². The van der Waals surface area contributed by atoms with Crippen molar-refractivity contribution in [3.8, 4) is 5.69 Å². The molecule has 2 aromatic rings. The Hall–Kier alpha value is -1.13. The summed E-state index contributed by atoms with van der Waals surface area (Å²) < 4.78 is 26.1. The maximum Gasteiger partial charge on any atom is 0.282 e. The summed E-state index contributed by atoms with van der Waals surface area (Å²) in [5, 5.41) is 4.39. The Morgan fingerprint density at radius 3 is 2.47 bits per heavy atom. The summed E-state index contributed by atoms with van der Waals surface area (Å²) in [5.74, 6) is 0. The van der Waals surface area contributed by atoms with Crippen molar-refractivity contribution in [2.24, 2.45) is 0 Å². The lowest BCUT2D eigenvalue weighted by Gasteiger charge is -2.05. The normalized spacial score (nSPS) is 11.2. The first-order valence-corrected chi connectivity index (χ1v) is 5.55. The van der Waals surface area contributed by atoms with Crippen LogP contribution >= 0.6 is 23.2 Å². The number of aryl methyl sites for hydroxylation is 1. The molecule has 1 aromatic heterocycles. The van der Waals surface area contributed by atoms with E-state index in [1.54, 1.807) is 18.2 Å². The Balaban J connectivity index is 2.49.